The lowest BCUT2D eigenvalue weighted by Crippen LogP contribution is -2.19. The van der Waals surface area contributed by atoms with Gasteiger partial charge in [0.2, 0.25) is 0 Å². The highest BCUT2D eigenvalue weighted by Gasteiger charge is 2.02. The highest BCUT2D eigenvalue weighted by molar-refractivity contribution is 7.99. The Labute approximate surface area is 122 Å². The quantitative estimate of drug-likeness (QED) is 0.656. The largest absolute Gasteiger partial charge is 0.496 e. The second-order valence-corrected chi connectivity index (χ2v) is 5.48. The van der Waals surface area contributed by atoms with E-state index in [0.29, 0.717) is 12.2 Å². The summed E-state index contributed by atoms with van der Waals surface area (Å²) in [6.45, 7) is 0.673. The molecule has 0 amide bonds. The van der Waals surface area contributed by atoms with Crippen LogP contribution in [0.3, 0.4) is 0 Å². The Morgan fingerprint density at radius 3 is 2.85 bits per heavy atom. The first-order valence-electron chi connectivity index (χ1n) is 6.42. The minimum absolute atomic E-state index is 0.0125. The fourth-order valence-electron chi connectivity index (χ4n) is 1.88. The normalized spacial score (nSPS) is 10.4. The molecule has 1 heterocycles. The molecule has 2 N–H and O–H groups in total. The van der Waals surface area contributed by atoms with Crippen molar-refractivity contribution in [2.24, 2.45) is 0 Å². The maximum Gasteiger partial charge on any atom is 0.250 e. The van der Waals surface area contributed by atoms with Gasteiger partial charge in [0.1, 0.15) is 5.75 Å². The lowest BCUT2D eigenvalue weighted by molar-refractivity contribution is 0.405. The van der Waals surface area contributed by atoms with Crippen LogP contribution < -0.4 is 16.0 Å². The molecule has 0 aliphatic carbocycles. The lowest BCUT2D eigenvalue weighted by atomic mass is 10.3. The average Bonchev–Trinajstić information content (AvgIpc) is 2.47. The second-order valence-electron chi connectivity index (χ2n) is 4.35. The number of hydrogen-bond donors (Lipinski definition) is 1. The van der Waals surface area contributed by atoms with E-state index in [1.807, 2.05) is 24.3 Å². The van der Waals surface area contributed by atoms with E-state index in [-0.39, 0.29) is 5.56 Å². The second kappa shape index (κ2) is 7.05. The van der Waals surface area contributed by atoms with Crippen molar-refractivity contribution < 1.29 is 4.74 Å². The lowest BCUT2D eigenvalue weighted by Gasteiger charge is -2.08. The standard InChI is InChI=1S/C15H18N2O2S/c1-19-13-5-2-3-6-14(13)20-10-4-9-17-11-12(16)7-8-15(17)18/h2-3,5-8,11H,4,9-10,16H2,1H3. The molecule has 1 aromatic carbocycles. The Balaban J connectivity index is 1.87. The Hall–Kier alpha value is -1.88. The smallest absolute Gasteiger partial charge is 0.250 e. The summed E-state index contributed by atoms with van der Waals surface area (Å²) >= 11 is 1.73. The summed E-state index contributed by atoms with van der Waals surface area (Å²) in [6, 6.07) is 11.1. The van der Waals surface area contributed by atoms with Crippen LogP contribution in [0.25, 0.3) is 0 Å². The van der Waals surface area contributed by atoms with Crippen molar-refractivity contribution in [2.45, 2.75) is 17.9 Å². The average molecular weight is 290 g/mol. The molecule has 0 radical (unpaired) electrons. The molecule has 2 aromatic rings. The molecule has 0 atom stereocenters. The molecular weight excluding hydrogens is 272 g/mol. The van der Waals surface area contributed by atoms with Crippen molar-refractivity contribution in [3.63, 3.8) is 0 Å². The zero-order valence-corrected chi connectivity index (χ0v) is 12.2. The summed E-state index contributed by atoms with van der Waals surface area (Å²) < 4.78 is 6.95. The number of methoxy groups -OCH3 is 1. The van der Waals surface area contributed by atoms with Crippen LogP contribution in [-0.2, 0) is 6.54 Å². The molecule has 5 heteroatoms. The van der Waals surface area contributed by atoms with Gasteiger partial charge in [0.15, 0.2) is 0 Å². The van der Waals surface area contributed by atoms with Gasteiger partial charge in [0, 0.05) is 29.4 Å². The first kappa shape index (κ1) is 14.5. The van der Waals surface area contributed by atoms with Crippen molar-refractivity contribution in [1.82, 2.24) is 4.57 Å². The predicted octanol–water partition coefficient (Wildman–Crippen LogP) is 2.62. The molecule has 1 aromatic heterocycles. The van der Waals surface area contributed by atoms with Gasteiger partial charge in [-0.3, -0.25) is 4.79 Å². The zero-order chi connectivity index (χ0) is 14.4. The van der Waals surface area contributed by atoms with Gasteiger partial charge >= 0.3 is 0 Å². The number of ether oxygens (including phenoxy) is 1. The Morgan fingerprint density at radius 2 is 2.05 bits per heavy atom. The number of thioether (sulfide) groups is 1. The van der Waals surface area contributed by atoms with Gasteiger partial charge < -0.3 is 15.0 Å². The van der Waals surface area contributed by atoms with E-state index in [2.05, 4.69) is 0 Å². The third-order valence-electron chi connectivity index (χ3n) is 2.88. The van der Waals surface area contributed by atoms with Crippen molar-refractivity contribution in [2.75, 3.05) is 18.6 Å². The number of aromatic nitrogens is 1. The minimum atomic E-state index is -0.0125. The van der Waals surface area contributed by atoms with Crippen molar-refractivity contribution in [1.29, 1.82) is 0 Å². The molecular formula is C15H18N2O2S. The molecule has 0 saturated heterocycles. The molecule has 4 nitrogen and oxygen atoms in total. The number of hydrogen-bond acceptors (Lipinski definition) is 4. The minimum Gasteiger partial charge on any atom is -0.496 e. The molecule has 20 heavy (non-hydrogen) atoms. The number of nitrogen functional groups attached to an aromatic ring is 1. The molecule has 0 fully saturated rings. The highest BCUT2D eigenvalue weighted by atomic mass is 32.2. The fraction of sp³-hybridized carbons (Fsp3) is 0.267. The van der Waals surface area contributed by atoms with Crippen molar-refractivity contribution in [3.8, 4) is 5.75 Å². The summed E-state index contributed by atoms with van der Waals surface area (Å²) in [5.41, 5.74) is 6.28. The molecule has 2 rings (SSSR count). The van der Waals surface area contributed by atoms with E-state index in [4.69, 9.17) is 10.5 Å². The number of pyridine rings is 1. The maximum atomic E-state index is 11.6. The van der Waals surface area contributed by atoms with E-state index >= 15 is 0 Å². The fourth-order valence-corrected chi connectivity index (χ4v) is 2.84. The van der Waals surface area contributed by atoms with Crippen LogP contribution in [0.4, 0.5) is 5.69 Å². The van der Waals surface area contributed by atoms with Crippen molar-refractivity contribution >= 4 is 17.4 Å². The van der Waals surface area contributed by atoms with Crippen LogP contribution in [0, 0.1) is 0 Å². The Kier molecular flexibility index (Phi) is 5.12. The highest BCUT2D eigenvalue weighted by Crippen LogP contribution is 2.28. The third kappa shape index (κ3) is 3.81. The van der Waals surface area contributed by atoms with E-state index in [9.17, 15) is 4.79 Å². The maximum absolute atomic E-state index is 11.6. The number of aryl methyl sites for hydroxylation is 1. The number of anilines is 1. The first-order chi connectivity index (χ1) is 9.70. The van der Waals surface area contributed by atoms with E-state index in [0.717, 1.165) is 22.8 Å². The van der Waals surface area contributed by atoms with Crippen LogP contribution >= 0.6 is 11.8 Å². The number of benzene rings is 1. The summed E-state index contributed by atoms with van der Waals surface area (Å²) in [5, 5.41) is 0. The summed E-state index contributed by atoms with van der Waals surface area (Å²) in [4.78, 5) is 12.7. The van der Waals surface area contributed by atoms with Gasteiger partial charge in [0.05, 0.1) is 7.11 Å². The molecule has 0 spiro atoms. The van der Waals surface area contributed by atoms with E-state index in [1.54, 1.807) is 35.7 Å². The number of rotatable bonds is 6. The topological polar surface area (TPSA) is 57.2 Å². The predicted molar refractivity (Wildman–Crippen MR) is 83.4 cm³/mol. The molecule has 0 saturated carbocycles. The van der Waals surface area contributed by atoms with Gasteiger partial charge in [-0.25, -0.2) is 0 Å². The third-order valence-corrected chi connectivity index (χ3v) is 4.02. The van der Waals surface area contributed by atoms with E-state index in [1.165, 1.54) is 6.07 Å². The van der Waals surface area contributed by atoms with Crippen LogP contribution in [-0.4, -0.2) is 17.4 Å². The molecule has 0 unspecified atom stereocenters. The van der Waals surface area contributed by atoms with Gasteiger partial charge in [-0.05, 0) is 30.4 Å². The number of nitrogens with two attached hydrogens (primary N) is 1. The summed E-state index contributed by atoms with van der Waals surface area (Å²) in [5.74, 6) is 1.81. The Morgan fingerprint density at radius 1 is 1.25 bits per heavy atom. The van der Waals surface area contributed by atoms with Gasteiger partial charge in [-0.15, -0.1) is 11.8 Å². The summed E-state index contributed by atoms with van der Waals surface area (Å²) in [6.07, 6.45) is 2.59. The van der Waals surface area contributed by atoms with Crippen LogP contribution in [0.1, 0.15) is 6.42 Å². The Bertz CT molecular complexity index is 625. The van der Waals surface area contributed by atoms with Gasteiger partial charge in [-0.2, -0.15) is 0 Å². The summed E-state index contributed by atoms with van der Waals surface area (Å²) in [7, 11) is 1.67. The van der Waals surface area contributed by atoms with Crippen molar-refractivity contribution in [3.05, 3.63) is 52.9 Å². The van der Waals surface area contributed by atoms with E-state index < -0.39 is 0 Å². The van der Waals surface area contributed by atoms with Crippen LogP contribution in [0.15, 0.2) is 52.3 Å². The molecule has 0 aliphatic heterocycles. The van der Waals surface area contributed by atoms with Gasteiger partial charge in [0.25, 0.3) is 5.56 Å². The monoisotopic (exact) mass is 290 g/mol. The number of para-hydroxylation sites is 1. The zero-order valence-electron chi connectivity index (χ0n) is 11.4. The number of nitrogens with zero attached hydrogens (tertiary/aromatic N) is 1. The van der Waals surface area contributed by atoms with Crippen LogP contribution in [0.2, 0.25) is 0 Å². The molecule has 106 valence electrons. The molecule has 0 aliphatic rings. The first-order valence-corrected chi connectivity index (χ1v) is 7.41. The SMILES string of the molecule is COc1ccccc1SCCCn1cc(N)ccc1=O. The molecule has 0 bridgehead atoms. The van der Waals surface area contributed by atoms with Gasteiger partial charge in [-0.1, -0.05) is 12.1 Å². The van der Waals surface area contributed by atoms with Crippen LogP contribution in [0.5, 0.6) is 5.75 Å².